The van der Waals surface area contributed by atoms with Gasteiger partial charge in [0, 0.05) is 12.6 Å². The molecular weight excluding hydrogens is 384 g/mol. The van der Waals surface area contributed by atoms with Crippen LogP contribution in [-0.2, 0) is 20.8 Å². The lowest BCUT2D eigenvalue weighted by molar-refractivity contribution is -0.140. The van der Waals surface area contributed by atoms with Crippen molar-refractivity contribution < 1.29 is 29.7 Å². The number of H-pyrrole nitrogens is 1. The highest BCUT2D eigenvalue weighted by molar-refractivity contribution is 5.73. The molecule has 12 N–H and O–H groups in total. The van der Waals surface area contributed by atoms with Crippen LogP contribution in [0.4, 0.5) is 0 Å². The molecular formula is C17H34N6O6. The number of hydrogen-bond donors (Lipinski definition) is 8. The van der Waals surface area contributed by atoms with E-state index in [4.69, 9.17) is 38.3 Å². The van der Waals surface area contributed by atoms with E-state index >= 15 is 0 Å². The molecule has 0 radical (unpaired) electrons. The van der Waals surface area contributed by atoms with Crippen LogP contribution < -0.4 is 22.9 Å². The first-order valence-electron chi connectivity index (χ1n) is 9.06. The van der Waals surface area contributed by atoms with Crippen molar-refractivity contribution in [1.29, 1.82) is 0 Å². The Morgan fingerprint density at radius 2 is 1.55 bits per heavy atom. The minimum atomic E-state index is -1.01. The maximum absolute atomic E-state index is 10.3. The number of rotatable bonds is 10. The summed E-state index contributed by atoms with van der Waals surface area (Å²) in [7, 11) is 0. The number of aromatic nitrogens is 2. The van der Waals surface area contributed by atoms with Crippen LogP contribution in [0.2, 0.25) is 0 Å². The molecule has 0 bridgehead atoms. The third kappa shape index (κ3) is 16.1. The van der Waals surface area contributed by atoms with Gasteiger partial charge in [0.15, 0.2) is 0 Å². The Labute approximate surface area is 169 Å². The van der Waals surface area contributed by atoms with Crippen molar-refractivity contribution in [2.24, 2.45) is 28.9 Å². The van der Waals surface area contributed by atoms with Crippen LogP contribution >= 0.6 is 0 Å². The van der Waals surface area contributed by atoms with Gasteiger partial charge in [-0.15, -0.1) is 0 Å². The molecule has 0 saturated heterocycles. The van der Waals surface area contributed by atoms with Gasteiger partial charge in [0.1, 0.15) is 18.1 Å². The fourth-order valence-electron chi connectivity index (χ4n) is 1.63. The van der Waals surface area contributed by atoms with Crippen molar-refractivity contribution in [3.63, 3.8) is 0 Å². The molecule has 0 fully saturated rings. The van der Waals surface area contributed by atoms with Crippen molar-refractivity contribution in [1.82, 2.24) is 9.97 Å². The number of carboxylic acid groups (broad SMARTS) is 3. The van der Waals surface area contributed by atoms with E-state index in [0.717, 1.165) is 12.8 Å². The summed E-state index contributed by atoms with van der Waals surface area (Å²) in [6.45, 7) is 4.16. The summed E-state index contributed by atoms with van der Waals surface area (Å²) < 4.78 is 0. The van der Waals surface area contributed by atoms with Crippen LogP contribution in [0.3, 0.4) is 0 Å². The molecule has 12 heteroatoms. The van der Waals surface area contributed by atoms with Gasteiger partial charge in [0.25, 0.3) is 0 Å². The Morgan fingerprint density at radius 3 is 1.86 bits per heavy atom. The van der Waals surface area contributed by atoms with Crippen molar-refractivity contribution >= 4 is 17.9 Å². The molecule has 1 heterocycles. The Kier molecular flexibility index (Phi) is 16.2. The van der Waals surface area contributed by atoms with Crippen LogP contribution in [0.25, 0.3) is 0 Å². The fourth-order valence-corrected chi connectivity index (χ4v) is 1.63. The molecule has 1 aromatic rings. The molecule has 0 amide bonds. The summed E-state index contributed by atoms with van der Waals surface area (Å²) in [5, 5.41) is 25.0. The van der Waals surface area contributed by atoms with E-state index < -0.39 is 36.0 Å². The van der Waals surface area contributed by atoms with E-state index in [1.54, 1.807) is 20.0 Å². The van der Waals surface area contributed by atoms with Gasteiger partial charge in [0.05, 0.1) is 12.0 Å². The molecule has 29 heavy (non-hydrogen) atoms. The first kappa shape index (κ1) is 28.7. The zero-order chi connectivity index (χ0) is 23.0. The highest BCUT2D eigenvalue weighted by atomic mass is 16.4. The molecule has 0 aliphatic rings. The third-order valence-electron chi connectivity index (χ3n) is 3.59. The van der Waals surface area contributed by atoms with Gasteiger partial charge in [-0.05, 0) is 25.3 Å². The van der Waals surface area contributed by atoms with Crippen molar-refractivity contribution in [2.75, 3.05) is 6.54 Å². The molecule has 168 valence electrons. The lowest BCUT2D eigenvalue weighted by Gasteiger charge is -2.07. The quantitative estimate of drug-likeness (QED) is 0.213. The van der Waals surface area contributed by atoms with Crippen LogP contribution in [0.1, 0.15) is 38.8 Å². The summed E-state index contributed by atoms with van der Waals surface area (Å²) in [5.74, 6) is -2.85. The Bertz CT molecular complexity index is 581. The van der Waals surface area contributed by atoms with E-state index in [2.05, 4.69) is 9.97 Å². The fraction of sp³-hybridized carbons (Fsp3) is 0.647. The lowest BCUT2D eigenvalue weighted by Crippen LogP contribution is -2.34. The van der Waals surface area contributed by atoms with Gasteiger partial charge in [-0.2, -0.15) is 0 Å². The van der Waals surface area contributed by atoms with Crippen molar-refractivity contribution in [3.05, 3.63) is 18.2 Å². The Morgan fingerprint density at radius 1 is 1.00 bits per heavy atom. The largest absolute Gasteiger partial charge is 0.480 e. The number of nitrogens with zero attached hydrogens (tertiary/aromatic N) is 1. The Balaban J connectivity index is 0. The van der Waals surface area contributed by atoms with Gasteiger partial charge in [0.2, 0.25) is 0 Å². The number of aliphatic carboxylic acids is 3. The average Bonchev–Trinajstić information content (AvgIpc) is 3.14. The molecule has 0 aliphatic heterocycles. The van der Waals surface area contributed by atoms with Crippen LogP contribution in [0.15, 0.2) is 12.5 Å². The van der Waals surface area contributed by atoms with Crippen LogP contribution in [0, 0.1) is 5.92 Å². The Hall–Kier alpha value is -2.54. The summed E-state index contributed by atoms with van der Waals surface area (Å²) in [5.41, 5.74) is 21.5. The standard InChI is InChI=1S/C6H9N3O2.C6H14N2O2.C5H11NO2/c7-5(6(10)11)1-4-2-8-3-9-4;7-4-2-1-3-5(8)6(9)10;1-3(2)4(6)5(7)8/h2-3,5H,1,7H2,(H,8,9)(H,10,11);5H,1-4,7-8H2,(H,9,10);3-4H,6H2,1-2H3,(H,7,8)/t2*5-;4-/m000/s1. The molecule has 3 atom stereocenters. The molecule has 1 rings (SSSR count). The normalized spacial score (nSPS) is 13.2. The second kappa shape index (κ2) is 16.4. The van der Waals surface area contributed by atoms with Gasteiger partial charge >= 0.3 is 17.9 Å². The van der Waals surface area contributed by atoms with Gasteiger partial charge < -0.3 is 43.2 Å². The van der Waals surface area contributed by atoms with Crippen molar-refractivity contribution in [3.8, 4) is 0 Å². The maximum atomic E-state index is 10.3. The number of nitrogens with two attached hydrogens (primary N) is 4. The molecule has 0 spiro atoms. The predicted octanol–water partition coefficient (Wildman–Crippen LogP) is -1.05. The highest BCUT2D eigenvalue weighted by Gasteiger charge is 2.14. The topological polar surface area (TPSA) is 245 Å². The van der Waals surface area contributed by atoms with Crippen LogP contribution in [0.5, 0.6) is 0 Å². The SMILES string of the molecule is CC(C)[C@H](N)C(=O)O.NCCCC[C@H](N)C(=O)O.N[C@@H](Cc1c[nH]cn1)C(=O)O. The molecule has 0 aliphatic carbocycles. The highest BCUT2D eigenvalue weighted by Crippen LogP contribution is 1.97. The molecule has 0 saturated carbocycles. The number of carbonyl (C=O) groups is 3. The van der Waals surface area contributed by atoms with E-state index in [9.17, 15) is 14.4 Å². The molecule has 1 aromatic heterocycles. The zero-order valence-corrected chi connectivity index (χ0v) is 16.8. The molecule has 12 nitrogen and oxygen atoms in total. The zero-order valence-electron chi connectivity index (χ0n) is 16.8. The summed E-state index contributed by atoms with van der Waals surface area (Å²) in [6.07, 6.45) is 5.54. The summed E-state index contributed by atoms with van der Waals surface area (Å²) >= 11 is 0. The summed E-state index contributed by atoms with van der Waals surface area (Å²) in [4.78, 5) is 37.0. The van der Waals surface area contributed by atoms with E-state index in [0.29, 0.717) is 18.7 Å². The van der Waals surface area contributed by atoms with E-state index in [-0.39, 0.29) is 12.3 Å². The first-order chi connectivity index (χ1) is 13.4. The second-order valence-corrected chi connectivity index (χ2v) is 6.55. The van der Waals surface area contributed by atoms with E-state index in [1.807, 2.05) is 0 Å². The monoisotopic (exact) mass is 418 g/mol. The lowest BCUT2D eigenvalue weighted by atomic mass is 10.1. The first-order valence-corrected chi connectivity index (χ1v) is 9.06. The number of carboxylic acids is 3. The molecule has 0 aromatic carbocycles. The van der Waals surface area contributed by atoms with Gasteiger partial charge in [-0.3, -0.25) is 14.4 Å². The maximum Gasteiger partial charge on any atom is 0.320 e. The number of unbranched alkanes of at least 4 members (excludes halogenated alkanes) is 1. The molecule has 0 unspecified atom stereocenters. The van der Waals surface area contributed by atoms with Crippen molar-refractivity contribution in [2.45, 2.75) is 57.7 Å². The second-order valence-electron chi connectivity index (χ2n) is 6.55. The van der Waals surface area contributed by atoms with Gasteiger partial charge in [-0.1, -0.05) is 20.3 Å². The average molecular weight is 418 g/mol. The minimum Gasteiger partial charge on any atom is -0.480 e. The predicted molar refractivity (Wildman–Crippen MR) is 107 cm³/mol. The smallest absolute Gasteiger partial charge is 0.320 e. The third-order valence-corrected chi connectivity index (χ3v) is 3.59. The van der Waals surface area contributed by atoms with Gasteiger partial charge in [-0.25, -0.2) is 4.98 Å². The van der Waals surface area contributed by atoms with Crippen LogP contribution in [-0.4, -0.2) is 67.9 Å². The number of aromatic amines is 1. The minimum absolute atomic E-state index is 0.0208. The summed E-state index contributed by atoms with van der Waals surface area (Å²) in [6, 6.07) is -2.29. The number of nitrogens with one attached hydrogen (secondary N) is 1. The number of imidazole rings is 1. The number of hydrogen-bond acceptors (Lipinski definition) is 8. The van der Waals surface area contributed by atoms with E-state index in [1.165, 1.54) is 6.33 Å².